The van der Waals surface area contributed by atoms with E-state index in [0.29, 0.717) is 24.3 Å². The first-order chi connectivity index (χ1) is 12.0. The van der Waals surface area contributed by atoms with Gasteiger partial charge in [-0.2, -0.15) is 0 Å². The molecule has 0 heterocycles. The van der Waals surface area contributed by atoms with E-state index in [-0.39, 0.29) is 24.4 Å². The van der Waals surface area contributed by atoms with Crippen molar-refractivity contribution in [2.24, 2.45) is 17.6 Å². The highest BCUT2D eigenvalue weighted by Gasteiger charge is 2.51. The molecule has 5 nitrogen and oxygen atoms in total. The summed E-state index contributed by atoms with van der Waals surface area (Å²) in [4.78, 5) is 26.5. The number of amides is 2. The molecule has 3 N–H and O–H groups in total. The van der Waals surface area contributed by atoms with E-state index in [1.54, 1.807) is 6.92 Å². The number of fused-ring (bicyclic) bond motifs is 2. The van der Waals surface area contributed by atoms with Gasteiger partial charge in [-0.1, -0.05) is 30.3 Å². The largest absolute Gasteiger partial charge is 0.346 e. The third kappa shape index (κ3) is 3.56. The summed E-state index contributed by atoms with van der Waals surface area (Å²) in [5.41, 5.74) is 6.90. The molecule has 2 fully saturated rings. The second-order valence-corrected chi connectivity index (χ2v) is 7.45. The average molecular weight is 343 g/mol. The molecule has 0 aromatic heterocycles. The second-order valence-electron chi connectivity index (χ2n) is 7.45. The van der Waals surface area contributed by atoms with Crippen LogP contribution in [0.15, 0.2) is 30.3 Å². The Morgan fingerprint density at radius 3 is 2.56 bits per heavy atom. The van der Waals surface area contributed by atoms with Crippen LogP contribution in [0.1, 0.15) is 44.6 Å². The zero-order chi connectivity index (χ0) is 18.0. The molecular formula is C20H29N3O2. The van der Waals surface area contributed by atoms with E-state index in [1.165, 1.54) is 24.8 Å². The Labute approximate surface area is 150 Å². The lowest BCUT2D eigenvalue weighted by molar-refractivity contribution is -0.136. The van der Waals surface area contributed by atoms with Crippen molar-refractivity contribution in [1.82, 2.24) is 10.2 Å². The Hall–Kier alpha value is -1.88. The molecule has 2 saturated carbocycles. The zero-order valence-corrected chi connectivity index (χ0v) is 15.2. The molecule has 2 amide bonds. The lowest BCUT2D eigenvalue weighted by Crippen LogP contribution is -2.51. The molecule has 0 saturated heterocycles. The summed E-state index contributed by atoms with van der Waals surface area (Å²) in [6.45, 7) is 4.35. The van der Waals surface area contributed by atoms with Gasteiger partial charge < -0.3 is 16.0 Å². The molecule has 2 bridgehead atoms. The first-order valence-electron chi connectivity index (χ1n) is 9.40. The second kappa shape index (κ2) is 7.56. The van der Waals surface area contributed by atoms with Crippen LogP contribution < -0.4 is 11.1 Å². The summed E-state index contributed by atoms with van der Waals surface area (Å²) < 4.78 is 0. The van der Waals surface area contributed by atoms with Crippen molar-refractivity contribution in [2.75, 3.05) is 13.1 Å². The van der Waals surface area contributed by atoms with Crippen molar-refractivity contribution >= 4 is 11.8 Å². The standard InChI is InChI=1S/C20H29N3O2/c1-3-23(17(24)12-22-20(25)13(2)21)19-16-10-9-15(11-16)18(19)14-7-5-4-6-8-14/h4-8,13,15-16,18-19H,3,9-12,21H2,1-2H3,(H,22,25). The van der Waals surface area contributed by atoms with E-state index in [2.05, 4.69) is 29.6 Å². The molecule has 1 aromatic carbocycles. The number of carbonyl (C=O) groups excluding carboxylic acids is 2. The number of likely N-dealkylation sites (N-methyl/N-ethyl adjacent to an activating group) is 1. The van der Waals surface area contributed by atoms with Crippen LogP contribution in [0.3, 0.4) is 0 Å². The Bertz CT molecular complexity index is 617. The predicted octanol–water partition coefficient (Wildman–Crippen LogP) is 1.88. The fourth-order valence-corrected chi connectivity index (χ4v) is 4.83. The quantitative estimate of drug-likeness (QED) is 0.828. The van der Waals surface area contributed by atoms with Gasteiger partial charge >= 0.3 is 0 Å². The maximum Gasteiger partial charge on any atom is 0.242 e. The van der Waals surface area contributed by atoms with Crippen molar-refractivity contribution in [1.29, 1.82) is 0 Å². The summed E-state index contributed by atoms with van der Waals surface area (Å²) in [6.07, 6.45) is 3.67. The fraction of sp³-hybridized carbons (Fsp3) is 0.600. The molecular weight excluding hydrogens is 314 g/mol. The van der Waals surface area contributed by atoms with Crippen molar-refractivity contribution < 1.29 is 9.59 Å². The van der Waals surface area contributed by atoms with Gasteiger partial charge in [0.25, 0.3) is 0 Å². The number of nitrogens with two attached hydrogens (primary N) is 1. The molecule has 0 spiro atoms. The van der Waals surface area contributed by atoms with Crippen LogP contribution in [0.25, 0.3) is 0 Å². The highest BCUT2D eigenvalue weighted by atomic mass is 16.2. The van der Waals surface area contributed by atoms with Gasteiger partial charge in [-0.05, 0) is 50.5 Å². The van der Waals surface area contributed by atoms with E-state index < -0.39 is 6.04 Å². The zero-order valence-electron chi connectivity index (χ0n) is 15.2. The number of hydrogen-bond donors (Lipinski definition) is 2. The first-order valence-corrected chi connectivity index (χ1v) is 9.40. The van der Waals surface area contributed by atoms with Crippen molar-refractivity contribution in [3.8, 4) is 0 Å². The van der Waals surface area contributed by atoms with E-state index >= 15 is 0 Å². The number of nitrogens with zero attached hydrogens (tertiary/aromatic N) is 1. The molecule has 0 aliphatic heterocycles. The van der Waals surface area contributed by atoms with Gasteiger partial charge in [-0.3, -0.25) is 9.59 Å². The van der Waals surface area contributed by atoms with Gasteiger partial charge in [0.15, 0.2) is 0 Å². The molecule has 5 heteroatoms. The van der Waals surface area contributed by atoms with E-state index in [4.69, 9.17) is 5.73 Å². The normalized spacial score (nSPS) is 28.6. The molecule has 25 heavy (non-hydrogen) atoms. The number of carbonyl (C=O) groups is 2. The summed E-state index contributed by atoms with van der Waals surface area (Å²) in [6, 6.07) is 10.2. The average Bonchev–Trinajstić information content (AvgIpc) is 3.22. The highest BCUT2D eigenvalue weighted by Crippen LogP contribution is 2.54. The van der Waals surface area contributed by atoms with E-state index in [1.807, 2.05) is 17.9 Å². The minimum Gasteiger partial charge on any atom is -0.346 e. The van der Waals surface area contributed by atoms with Crippen LogP contribution >= 0.6 is 0 Å². The summed E-state index contributed by atoms with van der Waals surface area (Å²) in [5.74, 6) is 1.36. The lowest BCUT2D eigenvalue weighted by atomic mass is 9.79. The molecule has 1 aromatic rings. The smallest absolute Gasteiger partial charge is 0.242 e. The maximum atomic E-state index is 12.8. The Balaban J connectivity index is 1.76. The molecule has 0 radical (unpaired) electrons. The fourth-order valence-electron chi connectivity index (χ4n) is 4.83. The number of hydrogen-bond acceptors (Lipinski definition) is 3. The van der Waals surface area contributed by atoms with E-state index in [0.717, 1.165) is 0 Å². The van der Waals surface area contributed by atoms with Gasteiger partial charge in [-0.25, -0.2) is 0 Å². The minimum absolute atomic E-state index is 0.00465. The number of nitrogens with one attached hydrogen (secondary N) is 1. The Kier molecular flexibility index (Phi) is 5.42. The number of benzene rings is 1. The molecule has 5 unspecified atom stereocenters. The van der Waals surface area contributed by atoms with Gasteiger partial charge in [0.05, 0.1) is 12.6 Å². The van der Waals surface area contributed by atoms with Crippen LogP contribution in [-0.2, 0) is 9.59 Å². The summed E-state index contributed by atoms with van der Waals surface area (Å²) >= 11 is 0. The third-order valence-electron chi connectivity index (χ3n) is 5.91. The van der Waals surface area contributed by atoms with Crippen LogP contribution in [0.4, 0.5) is 0 Å². The van der Waals surface area contributed by atoms with Crippen molar-refractivity contribution in [2.45, 2.75) is 51.1 Å². The van der Waals surface area contributed by atoms with Crippen LogP contribution in [0, 0.1) is 11.8 Å². The maximum absolute atomic E-state index is 12.8. The highest BCUT2D eigenvalue weighted by molar-refractivity contribution is 5.87. The van der Waals surface area contributed by atoms with Crippen molar-refractivity contribution in [3.63, 3.8) is 0 Å². The van der Waals surface area contributed by atoms with Gasteiger partial charge in [0, 0.05) is 18.5 Å². The van der Waals surface area contributed by atoms with Crippen molar-refractivity contribution in [3.05, 3.63) is 35.9 Å². The predicted molar refractivity (Wildman–Crippen MR) is 97.8 cm³/mol. The monoisotopic (exact) mass is 343 g/mol. The van der Waals surface area contributed by atoms with Gasteiger partial charge in [0.1, 0.15) is 0 Å². The molecule has 2 aliphatic rings. The first kappa shape index (κ1) is 17.9. The van der Waals surface area contributed by atoms with Gasteiger partial charge in [-0.15, -0.1) is 0 Å². The molecule has 2 aliphatic carbocycles. The molecule has 3 rings (SSSR count). The van der Waals surface area contributed by atoms with Crippen LogP contribution in [0.2, 0.25) is 0 Å². The third-order valence-corrected chi connectivity index (χ3v) is 5.91. The summed E-state index contributed by atoms with van der Waals surface area (Å²) in [5, 5.41) is 2.66. The Morgan fingerprint density at radius 2 is 1.92 bits per heavy atom. The summed E-state index contributed by atoms with van der Waals surface area (Å²) in [7, 11) is 0. The lowest BCUT2D eigenvalue weighted by Gasteiger charge is -2.40. The van der Waals surface area contributed by atoms with E-state index in [9.17, 15) is 9.59 Å². The number of rotatable bonds is 6. The Morgan fingerprint density at radius 1 is 1.24 bits per heavy atom. The topological polar surface area (TPSA) is 75.4 Å². The minimum atomic E-state index is -0.595. The molecule has 136 valence electrons. The van der Waals surface area contributed by atoms with Gasteiger partial charge in [0.2, 0.25) is 11.8 Å². The van der Waals surface area contributed by atoms with Crippen LogP contribution in [-0.4, -0.2) is 41.9 Å². The SMILES string of the molecule is CCN(C(=O)CNC(=O)C(C)N)C1C2CCC(C2)C1c1ccccc1. The van der Waals surface area contributed by atoms with Crippen LogP contribution in [0.5, 0.6) is 0 Å². The molecule has 5 atom stereocenters.